The Morgan fingerprint density at radius 1 is 1.21 bits per heavy atom. The highest BCUT2D eigenvalue weighted by Gasteiger charge is 2.41. The SMILES string of the molecule is CCCC(CCCN1CCN(C(C)=O)CC1=O)(c1ccc[nH]1)C1CCc2ccc(OC)cc2C1. The van der Waals surface area contributed by atoms with Crippen molar-refractivity contribution in [2.75, 3.05) is 33.3 Å². The largest absolute Gasteiger partial charge is 0.497 e. The van der Waals surface area contributed by atoms with Gasteiger partial charge in [0.25, 0.3) is 0 Å². The number of H-pyrrole nitrogens is 1. The molecule has 1 aromatic carbocycles. The predicted octanol–water partition coefficient (Wildman–Crippen LogP) is 4.34. The van der Waals surface area contributed by atoms with Crippen LogP contribution in [0, 0.1) is 5.92 Å². The lowest BCUT2D eigenvalue weighted by Gasteiger charge is -2.44. The van der Waals surface area contributed by atoms with Crippen molar-refractivity contribution in [3.8, 4) is 5.75 Å². The second-order valence-corrected chi connectivity index (χ2v) is 9.99. The summed E-state index contributed by atoms with van der Waals surface area (Å²) >= 11 is 0. The number of aromatic amines is 1. The summed E-state index contributed by atoms with van der Waals surface area (Å²) in [6.07, 6.45) is 9.64. The van der Waals surface area contributed by atoms with Gasteiger partial charge in [-0.15, -0.1) is 0 Å². The predicted molar refractivity (Wildman–Crippen MR) is 134 cm³/mol. The monoisotopic (exact) mass is 465 g/mol. The Balaban J connectivity index is 1.52. The fourth-order valence-corrected chi connectivity index (χ4v) is 6.24. The molecule has 1 aliphatic carbocycles. The molecule has 2 aromatic rings. The summed E-state index contributed by atoms with van der Waals surface area (Å²) in [5.41, 5.74) is 4.25. The van der Waals surface area contributed by atoms with Gasteiger partial charge in [-0.3, -0.25) is 9.59 Å². The first kappa shape index (κ1) is 24.4. The van der Waals surface area contributed by atoms with Gasteiger partial charge in [0.1, 0.15) is 5.75 Å². The highest BCUT2D eigenvalue weighted by molar-refractivity contribution is 5.85. The molecular formula is C28H39N3O3. The number of nitrogens with zero attached hydrogens (tertiary/aromatic N) is 2. The highest BCUT2D eigenvalue weighted by Crippen LogP contribution is 2.46. The third-order valence-electron chi connectivity index (χ3n) is 8.07. The van der Waals surface area contributed by atoms with E-state index in [0.29, 0.717) is 19.0 Å². The van der Waals surface area contributed by atoms with E-state index in [-0.39, 0.29) is 23.8 Å². The van der Waals surface area contributed by atoms with Crippen molar-refractivity contribution >= 4 is 11.8 Å². The van der Waals surface area contributed by atoms with E-state index in [1.165, 1.54) is 30.2 Å². The van der Waals surface area contributed by atoms with Crippen LogP contribution in [0.5, 0.6) is 5.75 Å². The van der Waals surface area contributed by atoms with E-state index in [9.17, 15) is 9.59 Å². The first-order valence-electron chi connectivity index (χ1n) is 12.8. The summed E-state index contributed by atoms with van der Waals surface area (Å²) in [7, 11) is 1.74. The zero-order chi connectivity index (χ0) is 24.1. The van der Waals surface area contributed by atoms with Crippen LogP contribution < -0.4 is 4.74 Å². The number of carbonyl (C=O) groups is 2. The minimum absolute atomic E-state index is 0.0177. The number of aromatic nitrogens is 1. The van der Waals surface area contributed by atoms with E-state index >= 15 is 0 Å². The van der Waals surface area contributed by atoms with Gasteiger partial charge < -0.3 is 19.5 Å². The molecule has 1 aliphatic heterocycles. The molecule has 6 heteroatoms. The Hall–Kier alpha value is -2.76. The van der Waals surface area contributed by atoms with Crippen LogP contribution in [0.15, 0.2) is 36.5 Å². The van der Waals surface area contributed by atoms with E-state index in [0.717, 1.165) is 50.8 Å². The van der Waals surface area contributed by atoms with Gasteiger partial charge in [0, 0.05) is 43.9 Å². The molecule has 2 atom stereocenters. The quantitative estimate of drug-likeness (QED) is 0.599. The van der Waals surface area contributed by atoms with Gasteiger partial charge in [-0.1, -0.05) is 19.4 Å². The number of nitrogens with one attached hydrogen (secondary N) is 1. The van der Waals surface area contributed by atoms with E-state index in [1.807, 2.05) is 11.1 Å². The van der Waals surface area contributed by atoms with Gasteiger partial charge in [0.05, 0.1) is 13.7 Å². The number of benzene rings is 1. The molecule has 2 aliphatic rings. The van der Waals surface area contributed by atoms with Gasteiger partial charge in [-0.25, -0.2) is 0 Å². The van der Waals surface area contributed by atoms with Gasteiger partial charge in [-0.2, -0.15) is 0 Å². The smallest absolute Gasteiger partial charge is 0.242 e. The fourth-order valence-electron chi connectivity index (χ4n) is 6.24. The Kier molecular flexibility index (Phi) is 7.64. The summed E-state index contributed by atoms with van der Waals surface area (Å²) in [5, 5.41) is 0. The molecule has 0 radical (unpaired) electrons. The van der Waals surface area contributed by atoms with E-state index in [4.69, 9.17) is 4.74 Å². The zero-order valence-corrected chi connectivity index (χ0v) is 20.9. The van der Waals surface area contributed by atoms with Crippen molar-refractivity contribution in [2.24, 2.45) is 5.92 Å². The first-order valence-corrected chi connectivity index (χ1v) is 12.8. The molecule has 2 heterocycles. The van der Waals surface area contributed by atoms with Gasteiger partial charge >= 0.3 is 0 Å². The molecule has 2 unspecified atom stereocenters. The Morgan fingerprint density at radius 2 is 2.06 bits per heavy atom. The van der Waals surface area contributed by atoms with Gasteiger partial charge in [0.15, 0.2) is 0 Å². The zero-order valence-electron chi connectivity index (χ0n) is 20.9. The van der Waals surface area contributed by atoms with Crippen LogP contribution in [0.4, 0.5) is 0 Å². The molecule has 6 nitrogen and oxygen atoms in total. The number of hydrogen-bond donors (Lipinski definition) is 1. The summed E-state index contributed by atoms with van der Waals surface area (Å²) in [4.78, 5) is 31.4. The molecule has 0 bridgehead atoms. The molecule has 1 saturated heterocycles. The van der Waals surface area contributed by atoms with Crippen molar-refractivity contribution in [1.82, 2.24) is 14.8 Å². The number of carbonyl (C=O) groups excluding carboxylic acids is 2. The number of ether oxygens (including phenoxy) is 1. The molecular weight excluding hydrogens is 426 g/mol. The summed E-state index contributed by atoms with van der Waals surface area (Å²) in [5.74, 6) is 1.52. The molecule has 2 amide bonds. The maximum Gasteiger partial charge on any atom is 0.242 e. The molecule has 0 spiro atoms. The van der Waals surface area contributed by atoms with Crippen molar-refractivity contribution in [3.63, 3.8) is 0 Å². The van der Waals surface area contributed by atoms with Crippen LogP contribution in [0.2, 0.25) is 0 Å². The number of hydrogen-bond acceptors (Lipinski definition) is 3. The average Bonchev–Trinajstić information content (AvgIpc) is 3.39. The molecule has 1 N–H and O–H groups in total. The topological polar surface area (TPSA) is 65.6 Å². The second kappa shape index (κ2) is 10.7. The number of piperazine rings is 1. The van der Waals surface area contributed by atoms with Crippen LogP contribution in [0.3, 0.4) is 0 Å². The normalized spacial score (nSPS) is 20.1. The fraction of sp³-hybridized carbons (Fsp3) is 0.571. The molecule has 0 saturated carbocycles. The minimum Gasteiger partial charge on any atom is -0.497 e. The Morgan fingerprint density at radius 3 is 2.74 bits per heavy atom. The third kappa shape index (κ3) is 5.01. The summed E-state index contributed by atoms with van der Waals surface area (Å²) < 4.78 is 5.52. The maximum atomic E-state index is 12.6. The van der Waals surface area contributed by atoms with Crippen LogP contribution >= 0.6 is 0 Å². The van der Waals surface area contributed by atoms with Crippen LogP contribution in [0.25, 0.3) is 0 Å². The van der Waals surface area contributed by atoms with Crippen LogP contribution in [-0.2, 0) is 27.8 Å². The van der Waals surface area contributed by atoms with Gasteiger partial charge in [-0.05, 0) is 79.8 Å². The molecule has 184 valence electrons. The number of fused-ring (bicyclic) bond motifs is 1. The number of methoxy groups -OCH3 is 1. The second-order valence-electron chi connectivity index (χ2n) is 9.99. The van der Waals surface area contributed by atoms with E-state index in [2.05, 4.69) is 42.2 Å². The molecule has 1 aromatic heterocycles. The van der Waals surface area contributed by atoms with Crippen LogP contribution in [0.1, 0.15) is 62.8 Å². The molecule has 4 rings (SSSR count). The number of rotatable bonds is 9. The van der Waals surface area contributed by atoms with Crippen LogP contribution in [-0.4, -0.2) is 59.9 Å². The lowest BCUT2D eigenvalue weighted by atomic mass is 9.61. The van der Waals surface area contributed by atoms with Crippen molar-refractivity contribution < 1.29 is 14.3 Å². The van der Waals surface area contributed by atoms with Gasteiger partial charge in [0.2, 0.25) is 11.8 Å². The van der Waals surface area contributed by atoms with E-state index < -0.39 is 0 Å². The molecule has 34 heavy (non-hydrogen) atoms. The maximum absolute atomic E-state index is 12.6. The standard InChI is InChI=1S/C28H39N3O3/c1-4-12-28(26-7-5-14-29-26,13-6-15-30-16-17-31(21(2)32)20-27(30)33)24-10-8-22-9-11-25(34-3)19-23(22)18-24/h5,7,9,11,14,19,24,29H,4,6,8,10,12-13,15-18,20H2,1-3H3. The van der Waals surface area contributed by atoms with Crippen molar-refractivity contribution in [2.45, 2.75) is 64.2 Å². The highest BCUT2D eigenvalue weighted by atomic mass is 16.5. The number of aryl methyl sites for hydroxylation is 1. The molecule has 1 fully saturated rings. The summed E-state index contributed by atoms with van der Waals surface area (Å²) in [6, 6.07) is 10.9. The Bertz CT molecular complexity index is 987. The Labute approximate surface area is 203 Å². The average molecular weight is 466 g/mol. The first-order chi connectivity index (χ1) is 16.5. The van der Waals surface area contributed by atoms with Crippen molar-refractivity contribution in [3.05, 3.63) is 53.3 Å². The summed E-state index contributed by atoms with van der Waals surface area (Å²) in [6.45, 7) is 6.07. The van der Waals surface area contributed by atoms with Crippen molar-refractivity contribution in [1.29, 1.82) is 0 Å². The lowest BCUT2D eigenvalue weighted by Crippen LogP contribution is -2.52. The minimum atomic E-state index is -0.0177. The lowest BCUT2D eigenvalue weighted by molar-refractivity contribution is -0.144. The third-order valence-corrected chi connectivity index (χ3v) is 8.07. The number of amides is 2. The van der Waals surface area contributed by atoms with E-state index in [1.54, 1.807) is 12.0 Å².